The van der Waals surface area contributed by atoms with Gasteiger partial charge < -0.3 is 4.90 Å². The highest BCUT2D eigenvalue weighted by Crippen LogP contribution is 2.29. The number of nitrogens with zero attached hydrogens (tertiary/aromatic N) is 1. The third kappa shape index (κ3) is 2.59. The van der Waals surface area contributed by atoms with Crippen molar-refractivity contribution in [3.8, 4) is 0 Å². The molecule has 2 nitrogen and oxygen atoms in total. The molecule has 1 aliphatic heterocycles. The van der Waals surface area contributed by atoms with Crippen LogP contribution in [0.3, 0.4) is 0 Å². The molecule has 0 aromatic heterocycles. The largest absolute Gasteiger partial charge is 0.336 e. The molecule has 1 aromatic carbocycles. The van der Waals surface area contributed by atoms with Gasteiger partial charge in [-0.1, -0.05) is 11.6 Å². The van der Waals surface area contributed by atoms with E-state index in [1.54, 1.807) is 11.8 Å². The van der Waals surface area contributed by atoms with E-state index in [1.807, 2.05) is 6.92 Å². The first-order chi connectivity index (χ1) is 8.93. The van der Waals surface area contributed by atoms with Crippen LogP contribution in [-0.4, -0.2) is 23.4 Å². The van der Waals surface area contributed by atoms with Crippen LogP contribution in [0.4, 0.5) is 8.78 Å². The van der Waals surface area contributed by atoms with E-state index < -0.39 is 17.5 Å². The number of likely N-dealkylation sites (tertiary alicyclic amines) is 1. The Morgan fingerprint density at radius 1 is 1.42 bits per heavy atom. The zero-order valence-electron chi connectivity index (χ0n) is 11.0. The summed E-state index contributed by atoms with van der Waals surface area (Å²) in [5.41, 5.74) is 0.0292. The number of piperidine rings is 1. The molecule has 2 rings (SSSR count). The van der Waals surface area contributed by atoms with E-state index in [4.69, 9.17) is 11.6 Å². The van der Waals surface area contributed by atoms with Gasteiger partial charge in [0.05, 0.1) is 10.6 Å². The van der Waals surface area contributed by atoms with Crippen molar-refractivity contribution in [1.82, 2.24) is 4.90 Å². The zero-order chi connectivity index (χ0) is 14.2. The van der Waals surface area contributed by atoms with Crippen LogP contribution in [0, 0.1) is 18.6 Å². The van der Waals surface area contributed by atoms with Crippen molar-refractivity contribution in [3.05, 3.63) is 33.9 Å². The summed E-state index contributed by atoms with van der Waals surface area (Å²) >= 11 is 5.98. The minimum Gasteiger partial charge on any atom is -0.336 e. The summed E-state index contributed by atoms with van der Waals surface area (Å²) < 4.78 is 27.3. The molecule has 0 unspecified atom stereocenters. The maximum atomic E-state index is 13.9. The second kappa shape index (κ2) is 5.45. The lowest BCUT2D eigenvalue weighted by Gasteiger charge is -2.33. The minimum atomic E-state index is -1.15. The van der Waals surface area contributed by atoms with Crippen LogP contribution in [0.5, 0.6) is 0 Å². The van der Waals surface area contributed by atoms with Crippen molar-refractivity contribution in [3.63, 3.8) is 0 Å². The first-order valence-corrected chi connectivity index (χ1v) is 6.76. The predicted molar refractivity (Wildman–Crippen MR) is 70.5 cm³/mol. The molecule has 0 bridgehead atoms. The monoisotopic (exact) mass is 287 g/mol. The first kappa shape index (κ1) is 14.3. The Hall–Kier alpha value is -1.16. The van der Waals surface area contributed by atoms with Gasteiger partial charge in [0.1, 0.15) is 0 Å². The smallest absolute Gasteiger partial charge is 0.258 e. The Balaban J connectivity index is 2.43. The van der Waals surface area contributed by atoms with Crippen LogP contribution in [0.15, 0.2) is 6.07 Å². The average Bonchev–Trinajstić information content (AvgIpc) is 2.37. The van der Waals surface area contributed by atoms with E-state index in [1.165, 1.54) is 0 Å². The van der Waals surface area contributed by atoms with Crippen molar-refractivity contribution < 1.29 is 13.6 Å². The Bertz CT molecular complexity index is 492. The molecular weight excluding hydrogens is 272 g/mol. The van der Waals surface area contributed by atoms with Crippen molar-refractivity contribution in [2.24, 2.45) is 0 Å². The third-order valence-corrected chi connectivity index (χ3v) is 4.10. The summed E-state index contributed by atoms with van der Waals surface area (Å²) in [6, 6.07) is 1.04. The number of hydrogen-bond donors (Lipinski definition) is 0. The molecule has 1 aromatic rings. The Morgan fingerprint density at radius 2 is 2.11 bits per heavy atom. The lowest BCUT2D eigenvalue weighted by Crippen LogP contribution is -2.42. The highest BCUT2D eigenvalue weighted by molar-refractivity contribution is 6.34. The van der Waals surface area contributed by atoms with Gasteiger partial charge in [0.25, 0.3) is 5.91 Å². The average molecular weight is 288 g/mol. The van der Waals surface area contributed by atoms with Gasteiger partial charge in [0.2, 0.25) is 0 Å². The molecule has 1 heterocycles. The van der Waals surface area contributed by atoms with E-state index >= 15 is 0 Å². The summed E-state index contributed by atoms with van der Waals surface area (Å²) in [7, 11) is 0. The van der Waals surface area contributed by atoms with Crippen LogP contribution >= 0.6 is 11.6 Å². The van der Waals surface area contributed by atoms with Crippen LogP contribution in [0.25, 0.3) is 0 Å². The molecule has 19 heavy (non-hydrogen) atoms. The molecule has 0 aliphatic carbocycles. The summed E-state index contributed by atoms with van der Waals surface area (Å²) in [5.74, 6) is -2.70. The maximum Gasteiger partial charge on any atom is 0.258 e. The second-order valence-electron chi connectivity index (χ2n) is 5.02. The summed E-state index contributed by atoms with van der Waals surface area (Å²) in [5, 5.41) is 0.00155. The third-order valence-electron chi connectivity index (χ3n) is 3.62. The SMILES string of the molecule is Cc1cc(F)c(F)c(C(=O)N2CCCC[C@@H]2C)c1Cl. The topological polar surface area (TPSA) is 20.3 Å². The van der Waals surface area contributed by atoms with E-state index in [-0.39, 0.29) is 16.6 Å². The Morgan fingerprint density at radius 3 is 2.74 bits per heavy atom. The molecule has 1 aliphatic rings. The molecule has 0 spiro atoms. The molecule has 104 valence electrons. The predicted octanol–water partition coefficient (Wildman–Crippen LogP) is 3.94. The van der Waals surface area contributed by atoms with Crippen molar-refractivity contribution in [1.29, 1.82) is 0 Å². The number of carbonyl (C=O) groups excluding carboxylic acids is 1. The maximum absolute atomic E-state index is 13.9. The van der Waals surface area contributed by atoms with Gasteiger partial charge >= 0.3 is 0 Å². The minimum absolute atomic E-state index is 0.00155. The lowest BCUT2D eigenvalue weighted by molar-refractivity contribution is 0.0630. The van der Waals surface area contributed by atoms with Gasteiger partial charge in [0.15, 0.2) is 11.6 Å². The Kier molecular flexibility index (Phi) is 4.09. The van der Waals surface area contributed by atoms with Gasteiger partial charge in [-0.15, -0.1) is 0 Å². The summed E-state index contributed by atoms with van der Waals surface area (Å²) in [6.07, 6.45) is 2.80. The molecule has 1 fully saturated rings. The van der Waals surface area contributed by atoms with E-state index in [0.717, 1.165) is 25.3 Å². The zero-order valence-corrected chi connectivity index (χ0v) is 11.7. The van der Waals surface area contributed by atoms with Crippen molar-refractivity contribution in [2.75, 3.05) is 6.54 Å². The fraction of sp³-hybridized carbons (Fsp3) is 0.500. The van der Waals surface area contributed by atoms with Crippen molar-refractivity contribution in [2.45, 2.75) is 39.2 Å². The van der Waals surface area contributed by atoms with Gasteiger partial charge in [-0.25, -0.2) is 8.78 Å². The number of benzene rings is 1. The molecule has 0 radical (unpaired) electrons. The van der Waals surface area contributed by atoms with Crippen LogP contribution in [-0.2, 0) is 0 Å². The molecule has 1 saturated heterocycles. The lowest BCUT2D eigenvalue weighted by atomic mass is 10.0. The first-order valence-electron chi connectivity index (χ1n) is 6.38. The normalized spacial score (nSPS) is 19.6. The van der Waals surface area contributed by atoms with Crippen LogP contribution < -0.4 is 0 Å². The second-order valence-corrected chi connectivity index (χ2v) is 5.40. The number of rotatable bonds is 1. The highest BCUT2D eigenvalue weighted by Gasteiger charge is 2.29. The molecule has 0 N–H and O–H groups in total. The molecule has 1 atom stereocenters. The quantitative estimate of drug-likeness (QED) is 0.717. The van der Waals surface area contributed by atoms with Crippen LogP contribution in [0.2, 0.25) is 5.02 Å². The van der Waals surface area contributed by atoms with Gasteiger partial charge in [-0.3, -0.25) is 4.79 Å². The van der Waals surface area contributed by atoms with E-state index in [2.05, 4.69) is 0 Å². The number of amides is 1. The number of aryl methyl sites for hydroxylation is 1. The molecular formula is C14H16ClF2NO. The fourth-order valence-corrected chi connectivity index (χ4v) is 2.68. The fourth-order valence-electron chi connectivity index (χ4n) is 2.46. The van der Waals surface area contributed by atoms with Crippen LogP contribution in [0.1, 0.15) is 42.1 Å². The molecule has 1 amide bonds. The van der Waals surface area contributed by atoms with Gasteiger partial charge in [0, 0.05) is 12.6 Å². The number of carbonyl (C=O) groups is 1. The van der Waals surface area contributed by atoms with Crippen molar-refractivity contribution >= 4 is 17.5 Å². The molecule has 5 heteroatoms. The van der Waals surface area contributed by atoms with E-state index in [0.29, 0.717) is 12.1 Å². The van der Waals surface area contributed by atoms with E-state index in [9.17, 15) is 13.6 Å². The standard InChI is InChI=1S/C14H16ClF2NO/c1-8-7-10(16)13(17)11(12(8)15)14(19)18-6-4-3-5-9(18)2/h7,9H,3-6H2,1-2H3/t9-/m0/s1. The number of halogens is 3. The number of hydrogen-bond acceptors (Lipinski definition) is 1. The summed E-state index contributed by atoms with van der Waals surface area (Å²) in [4.78, 5) is 14.0. The molecule has 0 saturated carbocycles. The Labute approximate surface area is 116 Å². The highest BCUT2D eigenvalue weighted by atomic mass is 35.5. The van der Waals surface area contributed by atoms with Gasteiger partial charge in [-0.05, 0) is 44.7 Å². The van der Waals surface area contributed by atoms with Gasteiger partial charge in [-0.2, -0.15) is 0 Å². The summed E-state index contributed by atoms with van der Waals surface area (Å²) in [6.45, 7) is 4.03.